The molecule has 0 saturated carbocycles. The molecular formula is C10H16BrN3. The first kappa shape index (κ1) is 10.2. The van der Waals surface area contributed by atoms with Gasteiger partial charge in [-0.25, -0.2) is 4.98 Å². The molecule has 1 aromatic heterocycles. The van der Waals surface area contributed by atoms with E-state index in [1.165, 1.54) is 11.5 Å². The van der Waals surface area contributed by atoms with E-state index >= 15 is 0 Å². The van der Waals surface area contributed by atoms with Gasteiger partial charge >= 0.3 is 0 Å². The highest BCUT2D eigenvalue weighted by Crippen LogP contribution is 2.27. The molecule has 1 aliphatic rings. The lowest BCUT2D eigenvalue weighted by Gasteiger charge is -2.22. The van der Waals surface area contributed by atoms with Gasteiger partial charge in [0.15, 0.2) is 0 Å². The molecule has 4 heteroatoms. The quantitative estimate of drug-likeness (QED) is 0.837. The fourth-order valence-corrected chi connectivity index (χ4v) is 2.56. The van der Waals surface area contributed by atoms with E-state index < -0.39 is 0 Å². The molecule has 0 spiro atoms. The summed E-state index contributed by atoms with van der Waals surface area (Å²) in [5.74, 6) is 1.66. The summed E-state index contributed by atoms with van der Waals surface area (Å²) in [5.41, 5.74) is 7.21. The number of nitrogens with zero attached hydrogens (tertiary/aromatic N) is 2. The third-order valence-corrected chi connectivity index (χ3v) is 3.38. The van der Waals surface area contributed by atoms with Crippen LogP contribution in [0.15, 0.2) is 4.60 Å². The molecule has 1 atom stereocenters. The van der Waals surface area contributed by atoms with Gasteiger partial charge in [-0.05, 0) is 22.4 Å². The molecule has 0 amide bonds. The third-order valence-electron chi connectivity index (χ3n) is 2.75. The molecular weight excluding hydrogens is 242 g/mol. The Morgan fingerprint density at radius 2 is 2.29 bits per heavy atom. The topological polar surface area (TPSA) is 43.8 Å². The first-order valence-electron chi connectivity index (χ1n) is 5.10. The zero-order chi connectivity index (χ0) is 10.3. The van der Waals surface area contributed by atoms with Gasteiger partial charge in [0.1, 0.15) is 10.4 Å². The van der Waals surface area contributed by atoms with Gasteiger partial charge in [-0.3, -0.25) is 0 Å². The highest BCUT2D eigenvalue weighted by molar-refractivity contribution is 9.10. The van der Waals surface area contributed by atoms with Crippen LogP contribution in [0.1, 0.15) is 37.7 Å². The summed E-state index contributed by atoms with van der Waals surface area (Å²) >= 11 is 3.51. The van der Waals surface area contributed by atoms with E-state index in [2.05, 4.69) is 39.3 Å². The zero-order valence-electron chi connectivity index (χ0n) is 8.63. The average molecular weight is 258 g/mol. The lowest BCUT2D eigenvalue weighted by molar-refractivity contribution is 0.454. The lowest BCUT2D eigenvalue weighted by Crippen LogP contribution is -2.31. The second-order valence-electron chi connectivity index (χ2n) is 4.27. The normalized spacial score (nSPS) is 21.4. The smallest absolute Gasteiger partial charge is 0.127 e. The van der Waals surface area contributed by atoms with Gasteiger partial charge in [-0.2, -0.15) is 0 Å². The molecule has 1 aromatic rings. The van der Waals surface area contributed by atoms with Crippen LogP contribution < -0.4 is 5.73 Å². The Hall–Kier alpha value is -0.350. The van der Waals surface area contributed by atoms with Gasteiger partial charge in [0, 0.05) is 24.9 Å². The molecule has 0 bridgehead atoms. The maximum Gasteiger partial charge on any atom is 0.127 e. The summed E-state index contributed by atoms with van der Waals surface area (Å²) in [7, 11) is 0. The van der Waals surface area contributed by atoms with Crippen molar-refractivity contribution in [2.24, 2.45) is 5.73 Å². The van der Waals surface area contributed by atoms with Crippen molar-refractivity contribution in [1.82, 2.24) is 9.55 Å². The average Bonchev–Trinajstić information content (AvgIpc) is 2.44. The molecule has 0 radical (unpaired) electrons. The second-order valence-corrected chi connectivity index (χ2v) is 5.02. The van der Waals surface area contributed by atoms with Crippen LogP contribution in [-0.4, -0.2) is 15.6 Å². The van der Waals surface area contributed by atoms with Crippen LogP contribution in [0, 0.1) is 0 Å². The van der Waals surface area contributed by atoms with E-state index in [4.69, 9.17) is 5.73 Å². The summed E-state index contributed by atoms with van der Waals surface area (Å²) in [4.78, 5) is 4.55. The summed E-state index contributed by atoms with van der Waals surface area (Å²) in [5, 5.41) is 0. The molecule has 1 aliphatic heterocycles. The van der Waals surface area contributed by atoms with Gasteiger partial charge in [-0.1, -0.05) is 13.8 Å². The highest BCUT2D eigenvalue weighted by atomic mass is 79.9. The fourth-order valence-electron chi connectivity index (χ4n) is 2.01. The van der Waals surface area contributed by atoms with Crippen LogP contribution in [0.3, 0.4) is 0 Å². The minimum atomic E-state index is 0.301. The predicted octanol–water partition coefficient (Wildman–Crippen LogP) is 2.04. The van der Waals surface area contributed by atoms with Gasteiger partial charge < -0.3 is 10.3 Å². The van der Waals surface area contributed by atoms with Crippen LogP contribution in [0.5, 0.6) is 0 Å². The summed E-state index contributed by atoms with van der Waals surface area (Å²) in [6, 6.07) is 0.301. The van der Waals surface area contributed by atoms with Crippen LogP contribution in [0.2, 0.25) is 0 Å². The predicted molar refractivity (Wildman–Crippen MR) is 60.3 cm³/mol. The number of hydrogen-bond donors (Lipinski definition) is 1. The number of nitrogens with two attached hydrogens (primary N) is 1. The van der Waals surface area contributed by atoms with Gasteiger partial charge in [0.05, 0.1) is 5.69 Å². The van der Waals surface area contributed by atoms with Gasteiger partial charge in [0.2, 0.25) is 0 Å². The van der Waals surface area contributed by atoms with E-state index in [0.717, 1.165) is 24.0 Å². The molecule has 0 aliphatic carbocycles. The molecule has 2 heterocycles. The summed E-state index contributed by atoms with van der Waals surface area (Å²) in [6.45, 7) is 5.37. The molecule has 14 heavy (non-hydrogen) atoms. The molecule has 3 nitrogen and oxygen atoms in total. The van der Waals surface area contributed by atoms with E-state index in [-0.39, 0.29) is 0 Å². The van der Waals surface area contributed by atoms with E-state index in [9.17, 15) is 0 Å². The lowest BCUT2D eigenvalue weighted by atomic mass is 10.1. The minimum Gasteiger partial charge on any atom is -0.331 e. The van der Waals surface area contributed by atoms with Crippen LogP contribution in [0.25, 0.3) is 0 Å². The van der Waals surface area contributed by atoms with Crippen molar-refractivity contribution in [3.8, 4) is 0 Å². The Morgan fingerprint density at radius 3 is 2.93 bits per heavy atom. The monoisotopic (exact) mass is 257 g/mol. The number of fused-ring (bicyclic) bond motifs is 1. The van der Waals surface area contributed by atoms with E-state index in [0.29, 0.717) is 12.0 Å². The Balaban J connectivity index is 2.44. The molecule has 0 aromatic carbocycles. The third kappa shape index (κ3) is 1.61. The van der Waals surface area contributed by atoms with E-state index in [1.54, 1.807) is 0 Å². The van der Waals surface area contributed by atoms with Crippen LogP contribution in [0.4, 0.5) is 0 Å². The second kappa shape index (κ2) is 3.66. The van der Waals surface area contributed by atoms with Crippen molar-refractivity contribution < 1.29 is 0 Å². The number of imidazole rings is 1. The first-order chi connectivity index (χ1) is 6.59. The largest absolute Gasteiger partial charge is 0.331 e. The van der Waals surface area contributed by atoms with E-state index in [1.807, 2.05) is 0 Å². The molecule has 2 rings (SSSR count). The van der Waals surface area contributed by atoms with Gasteiger partial charge in [0.25, 0.3) is 0 Å². The van der Waals surface area contributed by atoms with Crippen LogP contribution in [-0.2, 0) is 13.0 Å². The van der Waals surface area contributed by atoms with Crippen LogP contribution >= 0.6 is 15.9 Å². The molecule has 0 saturated heterocycles. The highest BCUT2D eigenvalue weighted by Gasteiger charge is 2.23. The number of aromatic nitrogens is 2. The van der Waals surface area contributed by atoms with Gasteiger partial charge in [-0.15, -0.1) is 0 Å². The fraction of sp³-hybridized carbons (Fsp3) is 0.700. The Kier molecular flexibility index (Phi) is 2.66. The van der Waals surface area contributed by atoms with Crippen molar-refractivity contribution in [2.45, 2.75) is 45.2 Å². The molecule has 0 fully saturated rings. The number of hydrogen-bond acceptors (Lipinski definition) is 2. The maximum absolute atomic E-state index is 5.94. The molecule has 1 unspecified atom stereocenters. The Labute approximate surface area is 92.8 Å². The molecule has 2 N–H and O–H groups in total. The summed E-state index contributed by atoms with van der Waals surface area (Å²) < 4.78 is 3.30. The van der Waals surface area contributed by atoms with Crippen molar-refractivity contribution in [2.75, 3.05) is 0 Å². The minimum absolute atomic E-state index is 0.301. The molecule has 78 valence electrons. The Bertz CT molecular complexity index is 343. The number of rotatable bonds is 1. The standard InChI is InChI=1S/C10H16BrN3/c1-6(2)10-13-9(11)8-5-7(12)3-4-14(8)10/h6-7H,3-5,12H2,1-2H3. The SMILES string of the molecule is CC(C)c1nc(Br)c2n1CCC(N)C2. The first-order valence-corrected chi connectivity index (χ1v) is 5.89. The Morgan fingerprint density at radius 1 is 1.57 bits per heavy atom. The number of halogens is 1. The maximum atomic E-state index is 5.94. The van der Waals surface area contributed by atoms with Crippen molar-refractivity contribution >= 4 is 15.9 Å². The summed E-state index contributed by atoms with van der Waals surface area (Å²) in [6.07, 6.45) is 2.01. The van der Waals surface area contributed by atoms with Crippen molar-refractivity contribution in [3.05, 3.63) is 16.1 Å². The zero-order valence-corrected chi connectivity index (χ0v) is 10.2. The van der Waals surface area contributed by atoms with Crippen molar-refractivity contribution in [3.63, 3.8) is 0 Å². The van der Waals surface area contributed by atoms with Crippen molar-refractivity contribution in [1.29, 1.82) is 0 Å².